The van der Waals surface area contributed by atoms with E-state index >= 15 is 0 Å². The molecule has 1 aromatic heterocycles. The molecule has 1 unspecified atom stereocenters. The zero-order valence-electron chi connectivity index (χ0n) is 12.2. The van der Waals surface area contributed by atoms with Crippen molar-refractivity contribution in [1.29, 1.82) is 0 Å². The van der Waals surface area contributed by atoms with E-state index in [1.165, 1.54) is 6.07 Å². The van der Waals surface area contributed by atoms with Gasteiger partial charge in [-0.2, -0.15) is 0 Å². The summed E-state index contributed by atoms with van der Waals surface area (Å²) in [5, 5.41) is 0.806. The highest BCUT2D eigenvalue weighted by Gasteiger charge is 2.21. The maximum atomic E-state index is 12.1. The monoisotopic (exact) mass is 302 g/mol. The first kappa shape index (κ1) is 14.6. The first-order valence-corrected chi connectivity index (χ1v) is 7.32. The minimum absolute atomic E-state index is 0.0463. The summed E-state index contributed by atoms with van der Waals surface area (Å²) in [7, 11) is 0. The van der Waals surface area contributed by atoms with Crippen LogP contribution >= 0.6 is 0 Å². The Morgan fingerprint density at radius 2 is 2.18 bits per heavy atom. The minimum Gasteiger partial charge on any atom is -0.484 e. The molecule has 2 aromatic rings. The molecule has 1 fully saturated rings. The number of amides is 1. The van der Waals surface area contributed by atoms with Crippen molar-refractivity contribution >= 4 is 16.9 Å². The van der Waals surface area contributed by atoms with E-state index in [0.29, 0.717) is 17.9 Å². The number of carbonyl (C=O) groups excluding carboxylic acids is 1. The summed E-state index contributed by atoms with van der Waals surface area (Å²) in [5.74, 6) is 0.418. The van der Waals surface area contributed by atoms with Crippen LogP contribution in [-0.2, 0) is 4.79 Å². The van der Waals surface area contributed by atoms with Crippen molar-refractivity contribution < 1.29 is 13.9 Å². The topological polar surface area (TPSA) is 85.8 Å². The van der Waals surface area contributed by atoms with Crippen LogP contribution in [-0.4, -0.2) is 36.5 Å². The van der Waals surface area contributed by atoms with Crippen LogP contribution in [0, 0.1) is 0 Å². The van der Waals surface area contributed by atoms with E-state index in [1.807, 2.05) is 0 Å². The lowest BCUT2D eigenvalue weighted by molar-refractivity contribution is -0.134. The van der Waals surface area contributed by atoms with Crippen LogP contribution in [0.3, 0.4) is 0 Å². The molecule has 1 aliphatic heterocycles. The van der Waals surface area contributed by atoms with E-state index in [1.54, 1.807) is 29.2 Å². The third-order valence-corrected chi connectivity index (χ3v) is 3.77. The average molecular weight is 302 g/mol. The van der Waals surface area contributed by atoms with Crippen molar-refractivity contribution in [2.75, 3.05) is 19.7 Å². The van der Waals surface area contributed by atoms with Gasteiger partial charge >= 0.3 is 5.63 Å². The summed E-state index contributed by atoms with van der Waals surface area (Å²) in [6, 6.07) is 8.25. The molecule has 2 N–H and O–H groups in total. The van der Waals surface area contributed by atoms with Crippen molar-refractivity contribution in [2.24, 2.45) is 5.73 Å². The smallest absolute Gasteiger partial charge is 0.336 e. The maximum Gasteiger partial charge on any atom is 0.336 e. The molecule has 116 valence electrons. The lowest BCUT2D eigenvalue weighted by Gasteiger charge is -2.30. The lowest BCUT2D eigenvalue weighted by Crippen LogP contribution is -2.47. The van der Waals surface area contributed by atoms with E-state index in [0.717, 1.165) is 24.8 Å². The number of hydrogen-bond acceptors (Lipinski definition) is 5. The average Bonchev–Trinajstić information content (AvgIpc) is 2.52. The van der Waals surface area contributed by atoms with Crippen LogP contribution in [0.1, 0.15) is 12.8 Å². The lowest BCUT2D eigenvalue weighted by atomic mass is 10.1. The SMILES string of the molecule is NC1CCCN(C(=O)COc2ccc3ccc(=O)oc3c2)C1. The van der Waals surface area contributed by atoms with Crippen LogP contribution in [0.15, 0.2) is 39.5 Å². The Kier molecular flexibility index (Phi) is 4.11. The van der Waals surface area contributed by atoms with Crippen molar-refractivity contribution in [3.63, 3.8) is 0 Å². The molecule has 2 heterocycles. The molecule has 1 amide bonds. The molecule has 0 spiro atoms. The Hall–Kier alpha value is -2.34. The molecule has 1 saturated heterocycles. The summed E-state index contributed by atoms with van der Waals surface area (Å²) in [5.41, 5.74) is 5.90. The van der Waals surface area contributed by atoms with E-state index in [2.05, 4.69) is 0 Å². The van der Waals surface area contributed by atoms with E-state index < -0.39 is 5.63 Å². The van der Waals surface area contributed by atoms with Gasteiger partial charge in [0.05, 0.1) is 0 Å². The zero-order valence-corrected chi connectivity index (χ0v) is 12.2. The number of piperidine rings is 1. The molecule has 3 rings (SSSR count). The molecule has 0 bridgehead atoms. The summed E-state index contributed by atoms with van der Waals surface area (Å²) in [6.07, 6.45) is 1.88. The normalized spacial score (nSPS) is 18.4. The third kappa shape index (κ3) is 3.28. The Morgan fingerprint density at radius 3 is 3.00 bits per heavy atom. The first-order valence-electron chi connectivity index (χ1n) is 7.32. The van der Waals surface area contributed by atoms with Crippen molar-refractivity contribution in [3.05, 3.63) is 40.8 Å². The highest BCUT2D eigenvalue weighted by atomic mass is 16.5. The number of ether oxygens (including phenoxy) is 1. The van der Waals surface area contributed by atoms with E-state index in [4.69, 9.17) is 14.9 Å². The molecule has 1 aliphatic rings. The van der Waals surface area contributed by atoms with Gasteiger partial charge in [0, 0.05) is 36.7 Å². The highest BCUT2D eigenvalue weighted by molar-refractivity contribution is 5.79. The molecule has 1 aromatic carbocycles. The summed E-state index contributed by atoms with van der Waals surface area (Å²) in [6.45, 7) is 1.26. The second kappa shape index (κ2) is 6.19. The summed E-state index contributed by atoms with van der Waals surface area (Å²) >= 11 is 0. The molecule has 6 nitrogen and oxygen atoms in total. The number of nitrogens with two attached hydrogens (primary N) is 1. The molecular weight excluding hydrogens is 284 g/mol. The van der Waals surface area contributed by atoms with Crippen LogP contribution in [0.25, 0.3) is 11.0 Å². The zero-order chi connectivity index (χ0) is 15.5. The van der Waals surface area contributed by atoms with Gasteiger partial charge in [-0.05, 0) is 31.0 Å². The number of carbonyl (C=O) groups is 1. The molecular formula is C16H18N2O4. The second-order valence-corrected chi connectivity index (χ2v) is 5.48. The van der Waals surface area contributed by atoms with Gasteiger partial charge in [0.2, 0.25) is 0 Å². The fourth-order valence-electron chi connectivity index (χ4n) is 2.60. The van der Waals surface area contributed by atoms with Crippen LogP contribution in [0.2, 0.25) is 0 Å². The first-order chi connectivity index (χ1) is 10.6. The van der Waals surface area contributed by atoms with Gasteiger partial charge in [-0.25, -0.2) is 4.79 Å². The van der Waals surface area contributed by atoms with Crippen molar-refractivity contribution in [1.82, 2.24) is 4.90 Å². The molecule has 22 heavy (non-hydrogen) atoms. The molecule has 6 heteroatoms. The van der Waals surface area contributed by atoms with Gasteiger partial charge in [-0.3, -0.25) is 4.79 Å². The van der Waals surface area contributed by atoms with Gasteiger partial charge in [0.25, 0.3) is 5.91 Å². The highest BCUT2D eigenvalue weighted by Crippen LogP contribution is 2.19. The predicted molar refractivity (Wildman–Crippen MR) is 81.8 cm³/mol. The Balaban J connectivity index is 1.65. The quantitative estimate of drug-likeness (QED) is 0.859. The second-order valence-electron chi connectivity index (χ2n) is 5.48. The fraction of sp³-hybridized carbons (Fsp3) is 0.375. The van der Waals surface area contributed by atoms with E-state index in [9.17, 15) is 9.59 Å². The molecule has 0 saturated carbocycles. The van der Waals surface area contributed by atoms with Gasteiger partial charge in [-0.1, -0.05) is 0 Å². The van der Waals surface area contributed by atoms with Crippen molar-refractivity contribution in [3.8, 4) is 5.75 Å². The standard InChI is InChI=1S/C16H18N2O4/c17-12-2-1-7-18(9-12)15(19)10-21-13-5-3-11-4-6-16(20)22-14(11)8-13/h3-6,8,12H,1-2,7,9-10,17H2. The van der Waals surface area contributed by atoms with Crippen LogP contribution in [0.4, 0.5) is 0 Å². The maximum absolute atomic E-state index is 12.1. The molecule has 1 atom stereocenters. The van der Waals surface area contributed by atoms with Crippen LogP contribution < -0.4 is 16.1 Å². The molecule has 0 radical (unpaired) electrons. The van der Waals surface area contributed by atoms with Crippen LogP contribution in [0.5, 0.6) is 5.75 Å². The summed E-state index contributed by atoms with van der Waals surface area (Å²) < 4.78 is 10.6. The summed E-state index contributed by atoms with van der Waals surface area (Å²) in [4.78, 5) is 25.1. The number of rotatable bonds is 3. The molecule has 0 aliphatic carbocycles. The van der Waals surface area contributed by atoms with Gasteiger partial charge in [0.1, 0.15) is 11.3 Å². The van der Waals surface area contributed by atoms with Gasteiger partial charge in [0.15, 0.2) is 6.61 Å². The van der Waals surface area contributed by atoms with Gasteiger partial charge < -0.3 is 19.8 Å². The largest absolute Gasteiger partial charge is 0.484 e. The number of fused-ring (bicyclic) bond motifs is 1. The fourth-order valence-corrected chi connectivity index (χ4v) is 2.60. The predicted octanol–water partition coefficient (Wildman–Crippen LogP) is 1.12. The number of hydrogen-bond donors (Lipinski definition) is 1. The van der Waals surface area contributed by atoms with Crippen molar-refractivity contribution in [2.45, 2.75) is 18.9 Å². The minimum atomic E-state index is -0.414. The Labute approximate surface area is 127 Å². The number of likely N-dealkylation sites (tertiary alicyclic amines) is 1. The van der Waals surface area contributed by atoms with Gasteiger partial charge in [-0.15, -0.1) is 0 Å². The van der Waals surface area contributed by atoms with E-state index in [-0.39, 0.29) is 18.6 Å². The third-order valence-electron chi connectivity index (χ3n) is 3.77. The Morgan fingerprint density at radius 1 is 1.36 bits per heavy atom. The number of nitrogens with zero attached hydrogens (tertiary/aromatic N) is 1. The Bertz CT molecular complexity index is 740. The number of benzene rings is 1.